The fourth-order valence-corrected chi connectivity index (χ4v) is 2.72. The normalized spacial score (nSPS) is 10.8. The molecule has 4 heteroatoms. The van der Waals surface area contributed by atoms with E-state index in [4.69, 9.17) is 16.6 Å². The van der Waals surface area contributed by atoms with Gasteiger partial charge in [-0.05, 0) is 30.3 Å². The van der Waals surface area contributed by atoms with E-state index in [1.807, 2.05) is 60.7 Å². The van der Waals surface area contributed by atoms with Gasteiger partial charge in [-0.15, -0.1) is 0 Å². The molecule has 2 aromatic carbocycles. The maximum Gasteiger partial charge on any atom is 0.160 e. The van der Waals surface area contributed by atoms with Crippen molar-refractivity contribution in [3.8, 4) is 22.6 Å². The van der Waals surface area contributed by atoms with E-state index in [9.17, 15) is 0 Å². The number of hydrogen-bond donors (Lipinski definition) is 0. The molecular formula is C19H12ClN3. The van der Waals surface area contributed by atoms with Crippen molar-refractivity contribution in [2.75, 3.05) is 0 Å². The number of pyridine rings is 1. The summed E-state index contributed by atoms with van der Waals surface area (Å²) in [5.74, 6) is 0.682. The van der Waals surface area contributed by atoms with Gasteiger partial charge in [0.15, 0.2) is 5.82 Å². The molecule has 0 radical (unpaired) electrons. The van der Waals surface area contributed by atoms with Gasteiger partial charge in [0, 0.05) is 33.9 Å². The monoisotopic (exact) mass is 317 g/mol. The van der Waals surface area contributed by atoms with Crippen LogP contribution in [0.4, 0.5) is 0 Å². The molecule has 0 saturated heterocycles. The van der Waals surface area contributed by atoms with Crippen molar-refractivity contribution in [1.82, 2.24) is 15.0 Å². The summed E-state index contributed by atoms with van der Waals surface area (Å²) >= 11 is 6.17. The van der Waals surface area contributed by atoms with Crippen LogP contribution < -0.4 is 0 Å². The van der Waals surface area contributed by atoms with Gasteiger partial charge in [0.2, 0.25) is 0 Å². The van der Waals surface area contributed by atoms with Gasteiger partial charge in [-0.2, -0.15) is 0 Å². The second-order valence-corrected chi connectivity index (χ2v) is 5.60. The second-order valence-electron chi connectivity index (χ2n) is 5.16. The van der Waals surface area contributed by atoms with Crippen molar-refractivity contribution < 1.29 is 0 Å². The average Bonchev–Trinajstić information content (AvgIpc) is 2.62. The summed E-state index contributed by atoms with van der Waals surface area (Å²) in [6.45, 7) is 0. The number of hydrogen-bond acceptors (Lipinski definition) is 3. The Hall–Kier alpha value is -2.78. The first-order chi connectivity index (χ1) is 11.3. The lowest BCUT2D eigenvalue weighted by Gasteiger charge is -2.09. The Bertz CT molecular complexity index is 970. The molecule has 110 valence electrons. The van der Waals surface area contributed by atoms with Crippen LogP contribution in [0.15, 0.2) is 73.1 Å². The molecule has 0 aliphatic rings. The second kappa shape index (κ2) is 5.78. The maximum atomic E-state index is 6.17. The molecule has 0 atom stereocenters. The molecule has 0 saturated carbocycles. The van der Waals surface area contributed by atoms with E-state index in [1.54, 1.807) is 12.4 Å². The molecule has 2 aromatic heterocycles. The molecule has 4 aromatic rings. The van der Waals surface area contributed by atoms with E-state index in [-0.39, 0.29) is 0 Å². The van der Waals surface area contributed by atoms with Crippen LogP contribution in [-0.4, -0.2) is 15.0 Å². The summed E-state index contributed by atoms with van der Waals surface area (Å²) in [5, 5.41) is 1.62. The Morgan fingerprint density at radius 1 is 0.739 bits per heavy atom. The molecule has 0 fully saturated rings. The summed E-state index contributed by atoms with van der Waals surface area (Å²) in [4.78, 5) is 13.5. The molecule has 0 aliphatic carbocycles. The summed E-state index contributed by atoms with van der Waals surface area (Å²) in [6.07, 6.45) is 3.49. The Balaban J connectivity index is 2.04. The third-order valence-corrected chi connectivity index (χ3v) is 3.88. The van der Waals surface area contributed by atoms with Gasteiger partial charge in [0.05, 0.1) is 11.2 Å². The molecule has 0 aliphatic heterocycles. The van der Waals surface area contributed by atoms with E-state index in [1.165, 1.54) is 0 Å². The Morgan fingerprint density at radius 2 is 1.52 bits per heavy atom. The van der Waals surface area contributed by atoms with Crippen molar-refractivity contribution in [2.45, 2.75) is 0 Å². The highest BCUT2D eigenvalue weighted by molar-refractivity contribution is 6.31. The molecule has 23 heavy (non-hydrogen) atoms. The highest BCUT2D eigenvalue weighted by Gasteiger charge is 2.11. The van der Waals surface area contributed by atoms with Crippen LogP contribution in [0.25, 0.3) is 33.5 Å². The molecule has 0 spiro atoms. The molecular weight excluding hydrogens is 306 g/mol. The third-order valence-electron chi connectivity index (χ3n) is 3.64. The fourth-order valence-electron chi connectivity index (χ4n) is 2.55. The standard InChI is InChI=1S/C19H12ClN3/c20-15-6-7-17-16(12-15)18(13-4-2-1-3-5-13)23-19(22-17)14-8-10-21-11-9-14/h1-12H. The van der Waals surface area contributed by atoms with Crippen LogP contribution in [0.3, 0.4) is 0 Å². The number of aromatic nitrogens is 3. The Labute approximate surface area is 138 Å². The zero-order chi connectivity index (χ0) is 15.6. The lowest BCUT2D eigenvalue weighted by atomic mass is 10.1. The minimum Gasteiger partial charge on any atom is -0.265 e. The third kappa shape index (κ3) is 2.67. The van der Waals surface area contributed by atoms with Crippen LogP contribution >= 0.6 is 11.6 Å². The van der Waals surface area contributed by atoms with E-state index in [0.29, 0.717) is 10.8 Å². The van der Waals surface area contributed by atoms with Gasteiger partial charge in [0.25, 0.3) is 0 Å². The fraction of sp³-hybridized carbons (Fsp3) is 0. The molecule has 0 N–H and O–H groups in total. The summed E-state index contributed by atoms with van der Waals surface area (Å²) in [7, 11) is 0. The molecule has 2 heterocycles. The topological polar surface area (TPSA) is 38.7 Å². The van der Waals surface area contributed by atoms with Gasteiger partial charge in [-0.3, -0.25) is 4.98 Å². The first-order valence-corrected chi connectivity index (χ1v) is 7.62. The number of benzene rings is 2. The van der Waals surface area contributed by atoms with Gasteiger partial charge in [0.1, 0.15) is 0 Å². The van der Waals surface area contributed by atoms with Crippen LogP contribution in [0.1, 0.15) is 0 Å². The maximum absolute atomic E-state index is 6.17. The van der Waals surface area contributed by atoms with Crippen molar-refractivity contribution in [3.05, 3.63) is 78.1 Å². The average molecular weight is 318 g/mol. The molecule has 0 unspecified atom stereocenters. The molecule has 4 rings (SSSR count). The van der Waals surface area contributed by atoms with Gasteiger partial charge < -0.3 is 0 Å². The summed E-state index contributed by atoms with van der Waals surface area (Å²) in [6, 6.07) is 19.6. The highest BCUT2D eigenvalue weighted by Crippen LogP contribution is 2.30. The van der Waals surface area contributed by atoms with Gasteiger partial charge in [-0.1, -0.05) is 41.9 Å². The number of fused-ring (bicyclic) bond motifs is 1. The summed E-state index contributed by atoms with van der Waals surface area (Å²) < 4.78 is 0. The zero-order valence-corrected chi connectivity index (χ0v) is 12.9. The van der Waals surface area contributed by atoms with E-state index in [2.05, 4.69) is 9.97 Å². The minimum absolute atomic E-state index is 0.676. The van der Waals surface area contributed by atoms with E-state index < -0.39 is 0 Å². The zero-order valence-electron chi connectivity index (χ0n) is 12.1. The van der Waals surface area contributed by atoms with Gasteiger partial charge in [-0.25, -0.2) is 9.97 Å². The van der Waals surface area contributed by atoms with Crippen molar-refractivity contribution in [1.29, 1.82) is 0 Å². The summed E-state index contributed by atoms with van der Waals surface area (Å²) in [5.41, 5.74) is 3.73. The smallest absolute Gasteiger partial charge is 0.160 e. The van der Waals surface area contributed by atoms with Crippen molar-refractivity contribution in [3.63, 3.8) is 0 Å². The minimum atomic E-state index is 0.676. The first-order valence-electron chi connectivity index (χ1n) is 7.24. The number of nitrogens with zero attached hydrogens (tertiary/aromatic N) is 3. The van der Waals surface area contributed by atoms with Crippen molar-refractivity contribution in [2.24, 2.45) is 0 Å². The van der Waals surface area contributed by atoms with Crippen LogP contribution in [-0.2, 0) is 0 Å². The molecule has 0 bridgehead atoms. The lowest BCUT2D eigenvalue weighted by molar-refractivity contribution is 1.22. The van der Waals surface area contributed by atoms with Crippen LogP contribution in [0.5, 0.6) is 0 Å². The predicted octanol–water partition coefficient (Wildman–Crippen LogP) is 5.01. The van der Waals surface area contributed by atoms with E-state index >= 15 is 0 Å². The Kier molecular flexibility index (Phi) is 3.48. The highest BCUT2D eigenvalue weighted by atomic mass is 35.5. The first kappa shape index (κ1) is 13.9. The van der Waals surface area contributed by atoms with E-state index in [0.717, 1.165) is 27.7 Å². The quantitative estimate of drug-likeness (QED) is 0.521. The van der Waals surface area contributed by atoms with Gasteiger partial charge >= 0.3 is 0 Å². The van der Waals surface area contributed by atoms with Crippen molar-refractivity contribution >= 4 is 22.5 Å². The molecule has 3 nitrogen and oxygen atoms in total. The SMILES string of the molecule is Clc1ccc2nc(-c3ccncc3)nc(-c3ccccc3)c2c1. The predicted molar refractivity (Wildman–Crippen MR) is 93.2 cm³/mol. The van der Waals surface area contributed by atoms with Crippen LogP contribution in [0, 0.1) is 0 Å². The Morgan fingerprint density at radius 3 is 2.30 bits per heavy atom. The number of halogens is 1. The molecule has 0 amide bonds. The van der Waals surface area contributed by atoms with Crippen LogP contribution in [0.2, 0.25) is 5.02 Å². The number of rotatable bonds is 2. The lowest BCUT2D eigenvalue weighted by Crippen LogP contribution is -1.95. The largest absolute Gasteiger partial charge is 0.265 e.